The van der Waals surface area contributed by atoms with Gasteiger partial charge in [-0.15, -0.1) is 0 Å². The third kappa shape index (κ3) is 5.81. The second-order valence-corrected chi connectivity index (χ2v) is 5.89. The summed E-state index contributed by atoms with van der Waals surface area (Å²) in [6.45, 7) is 5.24. The molecule has 0 aliphatic heterocycles. The average Bonchev–Trinajstić information content (AvgIpc) is 2.46. The van der Waals surface area contributed by atoms with E-state index >= 15 is 0 Å². The summed E-state index contributed by atoms with van der Waals surface area (Å²) in [4.78, 5) is 0. The van der Waals surface area contributed by atoms with Crippen LogP contribution >= 0.6 is 15.9 Å². The van der Waals surface area contributed by atoms with Crippen molar-refractivity contribution >= 4 is 15.9 Å². The first kappa shape index (κ1) is 17.5. The van der Waals surface area contributed by atoms with Gasteiger partial charge in [0, 0.05) is 17.6 Å². The van der Waals surface area contributed by atoms with Gasteiger partial charge in [-0.3, -0.25) is 0 Å². The maximum atomic E-state index is 5.33. The van der Waals surface area contributed by atoms with E-state index in [1.165, 1.54) is 5.56 Å². The average molecular weight is 344 g/mol. The van der Waals surface area contributed by atoms with E-state index in [4.69, 9.17) is 9.47 Å². The summed E-state index contributed by atoms with van der Waals surface area (Å²) in [5, 5.41) is 3.56. The first-order valence-electron chi connectivity index (χ1n) is 7.19. The Morgan fingerprint density at radius 3 is 2.60 bits per heavy atom. The molecule has 1 N–H and O–H groups in total. The van der Waals surface area contributed by atoms with E-state index < -0.39 is 0 Å². The predicted molar refractivity (Wildman–Crippen MR) is 87.6 cm³/mol. The molecule has 1 aromatic carbocycles. The molecular weight excluding hydrogens is 318 g/mol. The Bertz CT molecular complexity index is 398. The summed E-state index contributed by atoms with van der Waals surface area (Å²) in [5.74, 6) is 0.906. The first-order chi connectivity index (χ1) is 9.60. The van der Waals surface area contributed by atoms with E-state index in [1.54, 1.807) is 14.2 Å². The molecule has 0 aliphatic rings. The topological polar surface area (TPSA) is 30.5 Å². The van der Waals surface area contributed by atoms with Crippen molar-refractivity contribution in [1.82, 2.24) is 5.32 Å². The van der Waals surface area contributed by atoms with Gasteiger partial charge in [-0.2, -0.15) is 0 Å². The lowest BCUT2D eigenvalue weighted by molar-refractivity contribution is 0.106. The van der Waals surface area contributed by atoms with E-state index in [9.17, 15) is 0 Å². The van der Waals surface area contributed by atoms with Crippen LogP contribution in [0.2, 0.25) is 0 Å². The van der Waals surface area contributed by atoms with Gasteiger partial charge in [-0.1, -0.05) is 22.9 Å². The quantitative estimate of drug-likeness (QED) is 0.739. The van der Waals surface area contributed by atoms with Crippen LogP contribution in [0.5, 0.6) is 5.75 Å². The highest BCUT2D eigenvalue weighted by Gasteiger charge is 2.13. The summed E-state index contributed by atoms with van der Waals surface area (Å²) in [6, 6.07) is 6.59. The van der Waals surface area contributed by atoms with Crippen LogP contribution in [0.4, 0.5) is 0 Å². The summed E-state index contributed by atoms with van der Waals surface area (Å²) in [6.07, 6.45) is 3.47. The number of nitrogens with one attached hydrogen (secondary N) is 1. The van der Waals surface area contributed by atoms with E-state index in [0.29, 0.717) is 12.1 Å². The SMILES string of the molecule is CCNC(CCC(C)OC)Cc1cc(OC)ccc1Br. The van der Waals surface area contributed by atoms with Gasteiger partial charge in [-0.25, -0.2) is 0 Å². The molecular formula is C16H26BrNO2. The Kier molecular flexibility index (Phi) is 8.19. The fourth-order valence-corrected chi connectivity index (χ4v) is 2.63. The molecule has 0 radical (unpaired) electrons. The lowest BCUT2D eigenvalue weighted by Crippen LogP contribution is -2.32. The number of ether oxygens (including phenoxy) is 2. The zero-order valence-corrected chi connectivity index (χ0v) is 14.5. The molecule has 4 heteroatoms. The Morgan fingerprint density at radius 2 is 2.00 bits per heavy atom. The molecule has 0 heterocycles. The van der Waals surface area contributed by atoms with Crippen molar-refractivity contribution in [3.63, 3.8) is 0 Å². The molecule has 2 atom stereocenters. The Morgan fingerprint density at radius 1 is 1.25 bits per heavy atom. The molecule has 20 heavy (non-hydrogen) atoms. The Balaban J connectivity index is 2.68. The second-order valence-electron chi connectivity index (χ2n) is 5.04. The first-order valence-corrected chi connectivity index (χ1v) is 7.98. The number of methoxy groups -OCH3 is 2. The normalized spacial score (nSPS) is 14.1. The summed E-state index contributed by atoms with van der Waals surface area (Å²) in [5.41, 5.74) is 1.28. The third-order valence-electron chi connectivity index (χ3n) is 3.54. The fourth-order valence-electron chi connectivity index (χ4n) is 2.22. The van der Waals surface area contributed by atoms with Crippen molar-refractivity contribution in [2.24, 2.45) is 0 Å². The van der Waals surface area contributed by atoms with Crippen molar-refractivity contribution in [2.75, 3.05) is 20.8 Å². The second kappa shape index (κ2) is 9.37. The smallest absolute Gasteiger partial charge is 0.119 e. The van der Waals surface area contributed by atoms with Gasteiger partial charge in [0.2, 0.25) is 0 Å². The van der Waals surface area contributed by atoms with Crippen LogP contribution in [0.25, 0.3) is 0 Å². The van der Waals surface area contributed by atoms with Gasteiger partial charge in [0.25, 0.3) is 0 Å². The largest absolute Gasteiger partial charge is 0.497 e. The summed E-state index contributed by atoms with van der Waals surface area (Å²) >= 11 is 3.62. The maximum absolute atomic E-state index is 5.33. The molecule has 0 amide bonds. The highest BCUT2D eigenvalue weighted by atomic mass is 79.9. The minimum Gasteiger partial charge on any atom is -0.497 e. The van der Waals surface area contributed by atoms with Crippen LogP contribution in [0.3, 0.4) is 0 Å². The highest BCUT2D eigenvalue weighted by molar-refractivity contribution is 9.10. The van der Waals surface area contributed by atoms with E-state index in [2.05, 4.69) is 47.2 Å². The number of hydrogen-bond acceptors (Lipinski definition) is 3. The van der Waals surface area contributed by atoms with Gasteiger partial charge < -0.3 is 14.8 Å². The number of halogens is 1. The van der Waals surface area contributed by atoms with Crippen molar-refractivity contribution in [2.45, 2.75) is 45.3 Å². The molecule has 114 valence electrons. The summed E-state index contributed by atoms with van der Waals surface area (Å²) in [7, 11) is 3.47. The number of likely N-dealkylation sites (N-methyl/N-ethyl adjacent to an activating group) is 1. The van der Waals surface area contributed by atoms with E-state index in [1.807, 2.05) is 6.07 Å². The monoisotopic (exact) mass is 343 g/mol. The molecule has 0 saturated heterocycles. The van der Waals surface area contributed by atoms with Gasteiger partial charge in [-0.05, 0) is 56.5 Å². The molecule has 3 nitrogen and oxygen atoms in total. The Hall–Kier alpha value is -0.580. The lowest BCUT2D eigenvalue weighted by Gasteiger charge is -2.20. The standard InChI is InChI=1S/C16H26BrNO2/c1-5-18-14(7-6-12(2)19-3)10-13-11-15(20-4)8-9-16(13)17/h8-9,11-12,14,18H,5-7,10H2,1-4H3. The molecule has 0 aliphatic carbocycles. The van der Waals surface area contributed by atoms with E-state index in [-0.39, 0.29) is 0 Å². The van der Waals surface area contributed by atoms with Crippen LogP contribution in [-0.4, -0.2) is 32.9 Å². The number of benzene rings is 1. The lowest BCUT2D eigenvalue weighted by atomic mass is 10.00. The summed E-state index contributed by atoms with van der Waals surface area (Å²) < 4.78 is 11.8. The number of hydrogen-bond donors (Lipinski definition) is 1. The van der Waals surface area contributed by atoms with Crippen molar-refractivity contribution < 1.29 is 9.47 Å². The van der Waals surface area contributed by atoms with Gasteiger partial charge in [0.05, 0.1) is 13.2 Å². The fraction of sp³-hybridized carbons (Fsp3) is 0.625. The van der Waals surface area contributed by atoms with Crippen molar-refractivity contribution in [1.29, 1.82) is 0 Å². The van der Waals surface area contributed by atoms with Crippen molar-refractivity contribution in [3.8, 4) is 5.75 Å². The molecule has 1 aromatic rings. The van der Waals surface area contributed by atoms with E-state index in [0.717, 1.165) is 36.0 Å². The minimum absolute atomic E-state index is 0.310. The molecule has 0 saturated carbocycles. The molecule has 2 unspecified atom stereocenters. The van der Waals surface area contributed by atoms with Crippen LogP contribution < -0.4 is 10.1 Å². The predicted octanol–water partition coefficient (Wildman–Crippen LogP) is 3.79. The molecule has 1 rings (SSSR count). The Labute approximate surface area is 131 Å². The third-order valence-corrected chi connectivity index (χ3v) is 4.31. The van der Waals surface area contributed by atoms with Crippen LogP contribution in [-0.2, 0) is 11.2 Å². The molecule has 0 fully saturated rings. The van der Waals surface area contributed by atoms with Crippen LogP contribution in [0, 0.1) is 0 Å². The molecule has 0 bridgehead atoms. The minimum atomic E-state index is 0.310. The van der Waals surface area contributed by atoms with Crippen molar-refractivity contribution in [3.05, 3.63) is 28.2 Å². The maximum Gasteiger partial charge on any atom is 0.119 e. The van der Waals surface area contributed by atoms with Crippen LogP contribution in [0.1, 0.15) is 32.3 Å². The molecule has 0 aromatic heterocycles. The highest BCUT2D eigenvalue weighted by Crippen LogP contribution is 2.24. The van der Waals surface area contributed by atoms with Crippen LogP contribution in [0.15, 0.2) is 22.7 Å². The van der Waals surface area contributed by atoms with Gasteiger partial charge in [0.15, 0.2) is 0 Å². The van der Waals surface area contributed by atoms with Gasteiger partial charge >= 0.3 is 0 Å². The molecule has 0 spiro atoms. The zero-order chi connectivity index (χ0) is 15.0. The van der Waals surface area contributed by atoms with Gasteiger partial charge in [0.1, 0.15) is 5.75 Å². The number of rotatable bonds is 9. The zero-order valence-electron chi connectivity index (χ0n) is 12.9.